The molecule has 2 rings (SSSR count). The van der Waals surface area contributed by atoms with Crippen molar-refractivity contribution in [2.45, 2.75) is 51.5 Å². The van der Waals surface area contributed by atoms with E-state index in [-0.39, 0.29) is 12.2 Å². The van der Waals surface area contributed by atoms with E-state index in [4.69, 9.17) is 0 Å². The van der Waals surface area contributed by atoms with Gasteiger partial charge in [-0.2, -0.15) is 0 Å². The SMILES string of the molecule is CCCCC[C@@H](F)[C@H](F)C(=O)Nc1ccc(NCc2ccc(O)cc2)cc1. The number of aromatic hydroxyl groups is 1. The number of rotatable bonds is 10. The zero-order chi connectivity index (χ0) is 19.6. The molecule has 0 aliphatic carbocycles. The highest BCUT2D eigenvalue weighted by molar-refractivity contribution is 5.94. The highest BCUT2D eigenvalue weighted by Gasteiger charge is 2.27. The Labute approximate surface area is 158 Å². The Balaban J connectivity index is 1.81. The highest BCUT2D eigenvalue weighted by Crippen LogP contribution is 2.18. The van der Waals surface area contributed by atoms with Crippen LogP contribution in [-0.2, 0) is 11.3 Å². The Morgan fingerprint density at radius 3 is 2.26 bits per heavy atom. The Bertz CT molecular complexity index is 705. The van der Waals surface area contributed by atoms with E-state index >= 15 is 0 Å². The summed E-state index contributed by atoms with van der Waals surface area (Å²) in [7, 11) is 0. The first-order valence-corrected chi connectivity index (χ1v) is 9.20. The summed E-state index contributed by atoms with van der Waals surface area (Å²) >= 11 is 0. The summed E-state index contributed by atoms with van der Waals surface area (Å²) in [6.45, 7) is 2.55. The second-order valence-electron chi connectivity index (χ2n) is 6.50. The Kier molecular flexibility index (Phi) is 8.04. The number of anilines is 2. The molecule has 2 aromatic carbocycles. The molecule has 0 spiro atoms. The molecule has 0 fully saturated rings. The number of benzene rings is 2. The Morgan fingerprint density at radius 1 is 1.00 bits per heavy atom. The maximum atomic E-state index is 13.9. The van der Waals surface area contributed by atoms with Crippen molar-refractivity contribution in [1.29, 1.82) is 0 Å². The molecule has 0 radical (unpaired) electrons. The summed E-state index contributed by atoms with van der Waals surface area (Å²) in [6.07, 6.45) is -1.55. The van der Waals surface area contributed by atoms with Gasteiger partial charge >= 0.3 is 0 Å². The smallest absolute Gasteiger partial charge is 0.261 e. The number of alkyl halides is 2. The maximum absolute atomic E-state index is 13.9. The summed E-state index contributed by atoms with van der Waals surface area (Å²) < 4.78 is 27.7. The van der Waals surface area contributed by atoms with Crippen molar-refractivity contribution in [2.75, 3.05) is 10.6 Å². The molecule has 1 amide bonds. The van der Waals surface area contributed by atoms with Crippen molar-refractivity contribution < 1.29 is 18.7 Å². The van der Waals surface area contributed by atoms with E-state index in [1.165, 1.54) is 0 Å². The van der Waals surface area contributed by atoms with E-state index in [0.29, 0.717) is 18.7 Å². The van der Waals surface area contributed by atoms with Crippen LogP contribution in [0.2, 0.25) is 0 Å². The number of nitrogens with one attached hydrogen (secondary N) is 2. The van der Waals surface area contributed by atoms with Crippen LogP contribution in [0.25, 0.3) is 0 Å². The van der Waals surface area contributed by atoms with Crippen LogP contribution < -0.4 is 10.6 Å². The lowest BCUT2D eigenvalue weighted by molar-refractivity contribution is -0.123. The van der Waals surface area contributed by atoms with Crippen LogP contribution in [0.5, 0.6) is 5.75 Å². The topological polar surface area (TPSA) is 61.4 Å². The molecule has 0 aliphatic heterocycles. The van der Waals surface area contributed by atoms with Crippen LogP contribution >= 0.6 is 0 Å². The number of amides is 1. The second-order valence-corrected chi connectivity index (χ2v) is 6.50. The van der Waals surface area contributed by atoms with Gasteiger partial charge in [-0.05, 0) is 48.4 Å². The summed E-state index contributed by atoms with van der Waals surface area (Å²) in [4.78, 5) is 11.8. The second kappa shape index (κ2) is 10.5. The molecular weight excluding hydrogens is 350 g/mol. The van der Waals surface area contributed by atoms with E-state index in [1.807, 2.05) is 19.1 Å². The van der Waals surface area contributed by atoms with E-state index < -0.39 is 18.3 Å². The number of unbranched alkanes of at least 4 members (excludes halogenated alkanes) is 2. The van der Waals surface area contributed by atoms with Crippen molar-refractivity contribution in [1.82, 2.24) is 0 Å². The average molecular weight is 376 g/mol. The quantitative estimate of drug-likeness (QED) is 0.500. The van der Waals surface area contributed by atoms with E-state index in [9.17, 15) is 18.7 Å². The fraction of sp³-hybridized carbons (Fsp3) is 0.381. The number of hydrogen-bond donors (Lipinski definition) is 3. The van der Waals surface area contributed by atoms with E-state index in [0.717, 1.165) is 24.1 Å². The number of halogens is 2. The van der Waals surface area contributed by atoms with Gasteiger partial charge in [0, 0.05) is 17.9 Å². The van der Waals surface area contributed by atoms with Gasteiger partial charge in [0.05, 0.1) is 0 Å². The van der Waals surface area contributed by atoms with Gasteiger partial charge in [-0.1, -0.05) is 38.3 Å². The van der Waals surface area contributed by atoms with Crippen LogP contribution in [-0.4, -0.2) is 23.4 Å². The lowest BCUT2D eigenvalue weighted by Crippen LogP contribution is -2.32. The normalized spacial score (nSPS) is 13.0. The van der Waals surface area contributed by atoms with Crippen molar-refractivity contribution in [2.24, 2.45) is 0 Å². The molecule has 2 atom stereocenters. The van der Waals surface area contributed by atoms with E-state index in [1.54, 1.807) is 36.4 Å². The van der Waals surface area contributed by atoms with Gasteiger partial charge in [0.15, 0.2) is 0 Å². The Morgan fingerprint density at radius 2 is 1.63 bits per heavy atom. The zero-order valence-corrected chi connectivity index (χ0v) is 15.4. The third kappa shape index (κ3) is 6.89. The summed E-state index contributed by atoms with van der Waals surface area (Å²) in [5.41, 5.74) is 2.24. The number of phenols is 1. The molecule has 0 aromatic heterocycles. The monoisotopic (exact) mass is 376 g/mol. The summed E-state index contributed by atoms with van der Waals surface area (Å²) in [5, 5.41) is 14.9. The summed E-state index contributed by atoms with van der Waals surface area (Å²) in [6, 6.07) is 13.6. The molecule has 3 N–H and O–H groups in total. The number of hydrogen-bond acceptors (Lipinski definition) is 3. The van der Waals surface area contributed by atoms with E-state index in [2.05, 4.69) is 10.6 Å². The van der Waals surface area contributed by atoms with Gasteiger partial charge in [-0.15, -0.1) is 0 Å². The predicted octanol–water partition coefficient (Wildman–Crippen LogP) is 5.20. The van der Waals surface area contributed by atoms with Crippen LogP contribution in [0.4, 0.5) is 20.2 Å². The van der Waals surface area contributed by atoms with Gasteiger partial charge in [0.2, 0.25) is 6.17 Å². The third-order valence-electron chi connectivity index (χ3n) is 4.24. The number of carbonyl (C=O) groups is 1. The van der Waals surface area contributed by atoms with Gasteiger partial charge in [-0.25, -0.2) is 8.78 Å². The first-order chi connectivity index (χ1) is 13.0. The van der Waals surface area contributed by atoms with Crippen LogP contribution in [0.1, 0.15) is 38.2 Å². The fourth-order valence-electron chi connectivity index (χ4n) is 2.60. The minimum atomic E-state index is -2.16. The minimum absolute atomic E-state index is 0.0581. The van der Waals surface area contributed by atoms with Gasteiger partial charge in [0.25, 0.3) is 5.91 Å². The Hall–Kier alpha value is -2.63. The van der Waals surface area contributed by atoms with Crippen molar-refractivity contribution in [3.8, 4) is 5.75 Å². The molecule has 0 saturated heterocycles. The van der Waals surface area contributed by atoms with Gasteiger partial charge < -0.3 is 15.7 Å². The fourth-order valence-corrected chi connectivity index (χ4v) is 2.60. The van der Waals surface area contributed by atoms with Crippen molar-refractivity contribution >= 4 is 17.3 Å². The maximum Gasteiger partial charge on any atom is 0.261 e. The lowest BCUT2D eigenvalue weighted by Gasteiger charge is -2.14. The average Bonchev–Trinajstić information content (AvgIpc) is 2.68. The lowest BCUT2D eigenvalue weighted by atomic mass is 10.1. The standard InChI is InChI=1S/C21H26F2N2O2/c1-2-3-4-5-19(22)20(23)21(27)25-17-10-8-16(9-11-17)24-14-15-6-12-18(26)13-7-15/h6-13,19-20,24,26H,2-5,14H2,1H3,(H,25,27)/t19-,20+/m1/s1. The molecule has 0 aliphatic rings. The third-order valence-corrected chi connectivity index (χ3v) is 4.24. The minimum Gasteiger partial charge on any atom is -0.508 e. The molecule has 2 aromatic rings. The first-order valence-electron chi connectivity index (χ1n) is 9.20. The zero-order valence-electron chi connectivity index (χ0n) is 15.4. The molecule has 146 valence electrons. The molecule has 0 bridgehead atoms. The molecule has 4 nitrogen and oxygen atoms in total. The predicted molar refractivity (Wildman–Crippen MR) is 104 cm³/mol. The van der Waals surface area contributed by atoms with Crippen LogP contribution in [0.3, 0.4) is 0 Å². The van der Waals surface area contributed by atoms with Crippen LogP contribution in [0, 0.1) is 0 Å². The van der Waals surface area contributed by atoms with Crippen molar-refractivity contribution in [3.63, 3.8) is 0 Å². The number of phenolic OH excluding ortho intramolecular Hbond substituents is 1. The molecule has 0 heterocycles. The summed E-state index contributed by atoms with van der Waals surface area (Å²) in [5.74, 6) is -0.741. The van der Waals surface area contributed by atoms with Crippen LogP contribution in [0.15, 0.2) is 48.5 Å². The van der Waals surface area contributed by atoms with Gasteiger partial charge in [0.1, 0.15) is 11.9 Å². The molecule has 6 heteroatoms. The van der Waals surface area contributed by atoms with Gasteiger partial charge in [-0.3, -0.25) is 4.79 Å². The molecular formula is C21H26F2N2O2. The molecule has 0 saturated carbocycles. The van der Waals surface area contributed by atoms with Crippen molar-refractivity contribution in [3.05, 3.63) is 54.1 Å². The largest absolute Gasteiger partial charge is 0.508 e. The molecule has 0 unspecified atom stereocenters. The first kappa shape index (κ1) is 20.7. The number of carbonyl (C=O) groups excluding carboxylic acids is 1. The molecule has 27 heavy (non-hydrogen) atoms. The highest BCUT2D eigenvalue weighted by atomic mass is 19.2.